The Hall–Kier alpha value is -0.780. The van der Waals surface area contributed by atoms with Gasteiger partial charge in [-0.15, -0.1) is 6.58 Å². The fourth-order valence-electron chi connectivity index (χ4n) is 1.65. The smallest absolute Gasteiger partial charge is 0.0348 e. The van der Waals surface area contributed by atoms with Crippen LogP contribution >= 0.6 is 0 Å². The lowest BCUT2D eigenvalue weighted by atomic mass is 10.1. The molecule has 0 radical (unpaired) electrons. The zero-order valence-corrected chi connectivity index (χ0v) is 11.0. The van der Waals surface area contributed by atoms with Gasteiger partial charge in [-0.2, -0.15) is 0 Å². The third kappa shape index (κ3) is 13.2. The molecule has 0 heterocycles. The van der Waals surface area contributed by atoms with E-state index in [4.69, 9.17) is 0 Å². The summed E-state index contributed by atoms with van der Waals surface area (Å²) in [4.78, 5) is 0. The quantitative estimate of drug-likeness (QED) is 0.234. The van der Waals surface area contributed by atoms with Gasteiger partial charge in [0.05, 0.1) is 0 Å². The van der Waals surface area contributed by atoms with E-state index in [9.17, 15) is 0 Å². The summed E-state index contributed by atoms with van der Waals surface area (Å²) in [7, 11) is 0. The summed E-state index contributed by atoms with van der Waals surface area (Å²) in [5, 5.41) is 0. The Balaban J connectivity index is 3.06. The fraction of sp³-hybridized carbons (Fsp3) is 0.625. The summed E-state index contributed by atoms with van der Waals surface area (Å²) in [5.41, 5.74) is 0. The van der Waals surface area contributed by atoms with E-state index in [1.165, 1.54) is 51.4 Å². The molecule has 0 N–H and O–H groups in total. The van der Waals surface area contributed by atoms with Gasteiger partial charge in [0.2, 0.25) is 0 Å². The Morgan fingerprint density at radius 1 is 0.750 bits per heavy atom. The molecule has 0 nitrogen and oxygen atoms in total. The number of rotatable bonds is 11. The highest BCUT2D eigenvalue weighted by Crippen LogP contribution is 2.08. The number of allylic oxidation sites excluding steroid dienone is 5. The van der Waals surface area contributed by atoms with Crippen molar-refractivity contribution in [2.75, 3.05) is 0 Å². The van der Waals surface area contributed by atoms with E-state index < -0.39 is 0 Å². The Kier molecular flexibility index (Phi) is 13.5. The van der Waals surface area contributed by atoms with Gasteiger partial charge in [0.1, 0.15) is 0 Å². The Bertz CT molecular complexity index is 186. The van der Waals surface area contributed by atoms with Crippen molar-refractivity contribution in [3.63, 3.8) is 0 Å². The van der Waals surface area contributed by atoms with Crippen molar-refractivity contribution in [3.8, 4) is 0 Å². The lowest BCUT2D eigenvalue weighted by Crippen LogP contribution is -1.79. The third-order valence-corrected chi connectivity index (χ3v) is 2.65. The van der Waals surface area contributed by atoms with Crippen LogP contribution in [0.4, 0.5) is 0 Å². The summed E-state index contributed by atoms with van der Waals surface area (Å²) in [6.45, 7) is 5.90. The maximum Gasteiger partial charge on any atom is -0.0348 e. The van der Waals surface area contributed by atoms with Crippen LogP contribution in [0.3, 0.4) is 0 Å². The van der Waals surface area contributed by atoms with E-state index in [0.717, 1.165) is 6.42 Å². The van der Waals surface area contributed by atoms with Gasteiger partial charge < -0.3 is 0 Å². The van der Waals surface area contributed by atoms with Crippen LogP contribution in [-0.4, -0.2) is 0 Å². The Labute approximate surface area is 102 Å². The molecule has 0 saturated carbocycles. The lowest BCUT2D eigenvalue weighted by molar-refractivity contribution is 0.600. The van der Waals surface area contributed by atoms with Crippen LogP contribution in [0.25, 0.3) is 0 Å². The monoisotopic (exact) mass is 220 g/mol. The summed E-state index contributed by atoms with van der Waals surface area (Å²) in [5.74, 6) is 0. The molecule has 0 aromatic heterocycles. The van der Waals surface area contributed by atoms with E-state index >= 15 is 0 Å². The van der Waals surface area contributed by atoms with Crippen molar-refractivity contribution >= 4 is 0 Å². The van der Waals surface area contributed by atoms with Crippen molar-refractivity contribution in [1.29, 1.82) is 0 Å². The summed E-state index contributed by atoms with van der Waals surface area (Å²) >= 11 is 0. The lowest BCUT2D eigenvalue weighted by Gasteiger charge is -1.98. The molecule has 0 aromatic carbocycles. The molecule has 0 saturated heterocycles. The number of hydrogen-bond acceptors (Lipinski definition) is 0. The Morgan fingerprint density at radius 3 is 1.94 bits per heavy atom. The van der Waals surface area contributed by atoms with Gasteiger partial charge in [-0.05, 0) is 32.1 Å². The third-order valence-electron chi connectivity index (χ3n) is 2.65. The molecule has 0 rings (SSSR count). The summed E-state index contributed by atoms with van der Waals surface area (Å²) in [6, 6.07) is 0. The molecule has 0 unspecified atom stereocenters. The Morgan fingerprint density at radius 2 is 1.31 bits per heavy atom. The van der Waals surface area contributed by atoms with Gasteiger partial charge in [-0.3, -0.25) is 0 Å². The predicted octanol–water partition coefficient (Wildman–Crippen LogP) is 5.82. The predicted molar refractivity (Wildman–Crippen MR) is 75.7 cm³/mol. The summed E-state index contributed by atoms with van der Waals surface area (Å²) < 4.78 is 0. The topological polar surface area (TPSA) is 0 Å². The maximum absolute atomic E-state index is 3.74. The second-order valence-corrected chi connectivity index (χ2v) is 4.25. The van der Waals surface area contributed by atoms with Crippen LogP contribution in [-0.2, 0) is 0 Å². The molecule has 0 amide bonds. The molecule has 0 bridgehead atoms. The number of unbranched alkanes of at least 4 members (excludes halogenated alkanes) is 7. The van der Waals surface area contributed by atoms with E-state index in [1.54, 1.807) is 0 Å². The van der Waals surface area contributed by atoms with Crippen LogP contribution in [0, 0.1) is 0 Å². The van der Waals surface area contributed by atoms with E-state index in [1.807, 2.05) is 6.08 Å². The molecular formula is C16H28. The molecule has 92 valence electrons. The van der Waals surface area contributed by atoms with Crippen molar-refractivity contribution in [2.24, 2.45) is 0 Å². The van der Waals surface area contributed by atoms with Crippen molar-refractivity contribution < 1.29 is 0 Å². The maximum atomic E-state index is 3.74. The van der Waals surface area contributed by atoms with E-state index in [-0.39, 0.29) is 0 Å². The minimum atomic E-state index is 1.13. The van der Waals surface area contributed by atoms with Gasteiger partial charge in [-0.1, -0.05) is 63.0 Å². The van der Waals surface area contributed by atoms with Crippen molar-refractivity contribution in [2.45, 2.75) is 64.7 Å². The molecule has 0 atom stereocenters. The van der Waals surface area contributed by atoms with Gasteiger partial charge in [0.15, 0.2) is 0 Å². The molecule has 0 aliphatic heterocycles. The van der Waals surface area contributed by atoms with Crippen molar-refractivity contribution in [3.05, 3.63) is 37.0 Å². The van der Waals surface area contributed by atoms with Crippen LogP contribution in [0.15, 0.2) is 37.0 Å². The first-order valence-electron chi connectivity index (χ1n) is 6.84. The first-order valence-corrected chi connectivity index (χ1v) is 6.84. The highest BCUT2D eigenvalue weighted by Gasteiger charge is 1.89. The van der Waals surface area contributed by atoms with Crippen LogP contribution in [0.2, 0.25) is 0 Å². The first kappa shape index (κ1) is 15.2. The minimum absolute atomic E-state index is 1.13. The minimum Gasteiger partial charge on any atom is -0.103 e. The van der Waals surface area contributed by atoms with Gasteiger partial charge in [-0.25, -0.2) is 0 Å². The van der Waals surface area contributed by atoms with Crippen LogP contribution < -0.4 is 0 Å². The van der Waals surface area contributed by atoms with E-state index in [2.05, 4.69) is 37.8 Å². The highest BCUT2D eigenvalue weighted by atomic mass is 14.0. The zero-order chi connectivity index (χ0) is 11.9. The van der Waals surface area contributed by atoms with Crippen LogP contribution in [0.5, 0.6) is 0 Å². The molecule has 0 aliphatic rings. The van der Waals surface area contributed by atoms with E-state index in [0.29, 0.717) is 0 Å². The molecule has 0 aliphatic carbocycles. The van der Waals surface area contributed by atoms with Gasteiger partial charge in [0, 0.05) is 0 Å². The largest absolute Gasteiger partial charge is 0.103 e. The SMILES string of the molecule is C=CCCCCCCCC/C=C/C=C\CC. The first-order chi connectivity index (χ1) is 7.91. The molecule has 0 heteroatoms. The zero-order valence-electron chi connectivity index (χ0n) is 11.0. The molecule has 16 heavy (non-hydrogen) atoms. The van der Waals surface area contributed by atoms with Gasteiger partial charge >= 0.3 is 0 Å². The fourth-order valence-corrected chi connectivity index (χ4v) is 1.65. The number of hydrogen-bond donors (Lipinski definition) is 0. The van der Waals surface area contributed by atoms with Crippen LogP contribution in [0.1, 0.15) is 64.7 Å². The summed E-state index contributed by atoms with van der Waals surface area (Å²) in [6.07, 6.45) is 22.6. The average Bonchev–Trinajstić information content (AvgIpc) is 2.31. The van der Waals surface area contributed by atoms with Gasteiger partial charge in [0.25, 0.3) is 0 Å². The molecule has 0 aromatic rings. The normalized spacial score (nSPS) is 11.6. The molecule has 0 fully saturated rings. The molecular weight excluding hydrogens is 192 g/mol. The van der Waals surface area contributed by atoms with Crippen molar-refractivity contribution in [1.82, 2.24) is 0 Å². The second kappa shape index (κ2) is 14.2. The standard InChI is InChI=1S/C16H28/c1-3-5-7-9-11-13-15-16-14-12-10-8-6-4-2/h3,6,8,10,12H,1,4-5,7,9,11,13-16H2,2H3/b8-6-,12-10+. The molecule has 0 spiro atoms. The average molecular weight is 220 g/mol. The second-order valence-electron chi connectivity index (χ2n) is 4.25. The highest BCUT2D eigenvalue weighted by molar-refractivity contribution is 5.01.